The molecule has 2 rings (SSSR count). The minimum Gasteiger partial charge on any atom is -0.482 e. The number of rotatable bonds is 6. The minimum atomic E-state index is -0.126. The van der Waals surface area contributed by atoms with Crippen LogP contribution in [0, 0.1) is 0 Å². The number of hydrogen-bond acceptors (Lipinski definition) is 5. The smallest absolute Gasteiger partial charge is 0.262 e. The number of ether oxygens (including phenoxy) is 1. The van der Waals surface area contributed by atoms with Crippen LogP contribution in [0.4, 0.5) is 5.69 Å². The average Bonchev–Trinajstić information content (AvgIpc) is 2.46. The highest BCUT2D eigenvalue weighted by Crippen LogP contribution is 2.28. The van der Waals surface area contributed by atoms with Gasteiger partial charge in [-0.05, 0) is 30.9 Å². The number of carbonyl (C=O) groups excluding carboxylic acids is 1. The third-order valence-corrected chi connectivity index (χ3v) is 4.51. The van der Waals surface area contributed by atoms with Crippen molar-refractivity contribution in [2.24, 2.45) is 0 Å². The first-order valence-electron chi connectivity index (χ1n) is 6.56. The highest BCUT2D eigenvalue weighted by atomic mass is 32.2. The zero-order chi connectivity index (χ0) is 14.5. The second kappa shape index (κ2) is 6.97. The van der Waals surface area contributed by atoms with Crippen LogP contribution >= 0.6 is 11.8 Å². The quantitative estimate of drug-likeness (QED) is 0.736. The molecule has 5 nitrogen and oxygen atoms in total. The van der Waals surface area contributed by atoms with Crippen molar-refractivity contribution in [1.82, 2.24) is 5.32 Å². The maximum Gasteiger partial charge on any atom is 0.262 e. The summed E-state index contributed by atoms with van der Waals surface area (Å²) in [5.74, 6) is 0.581. The maximum atomic E-state index is 11.3. The van der Waals surface area contributed by atoms with E-state index in [0.717, 1.165) is 11.3 Å². The Hall–Kier alpha value is -1.24. The molecule has 1 aliphatic heterocycles. The first-order valence-corrected chi connectivity index (χ1v) is 7.85. The SMILES string of the molecule is CSC(CO)C(C)NCc1ccc2c(c1)NC(=O)CO2. The molecular weight excluding hydrogens is 276 g/mol. The summed E-state index contributed by atoms with van der Waals surface area (Å²) in [7, 11) is 0. The summed E-state index contributed by atoms with van der Waals surface area (Å²) >= 11 is 1.65. The molecule has 1 aliphatic rings. The summed E-state index contributed by atoms with van der Waals surface area (Å²) in [6.07, 6.45) is 1.99. The molecule has 2 atom stereocenters. The van der Waals surface area contributed by atoms with E-state index >= 15 is 0 Å². The summed E-state index contributed by atoms with van der Waals surface area (Å²) in [5, 5.41) is 15.6. The monoisotopic (exact) mass is 296 g/mol. The number of carbonyl (C=O) groups is 1. The van der Waals surface area contributed by atoms with Crippen molar-refractivity contribution in [3.8, 4) is 5.75 Å². The second-order valence-corrected chi connectivity index (χ2v) is 5.87. The molecule has 2 unspecified atom stereocenters. The molecule has 0 aliphatic carbocycles. The molecule has 0 bridgehead atoms. The van der Waals surface area contributed by atoms with E-state index in [0.29, 0.717) is 12.3 Å². The van der Waals surface area contributed by atoms with E-state index in [1.54, 1.807) is 11.8 Å². The number of aliphatic hydroxyl groups excluding tert-OH is 1. The van der Waals surface area contributed by atoms with Crippen LogP contribution in [-0.4, -0.2) is 41.8 Å². The molecule has 1 aromatic carbocycles. The van der Waals surface area contributed by atoms with Gasteiger partial charge in [-0.1, -0.05) is 6.07 Å². The fourth-order valence-electron chi connectivity index (χ4n) is 2.09. The zero-order valence-electron chi connectivity index (χ0n) is 11.7. The number of nitrogens with one attached hydrogen (secondary N) is 2. The van der Waals surface area contributed by atoms with Crippen molar-refractivity contribution >= 4 is 23.4 Å². The minimum absolute atomic E-state index is 0.0769. The molecule has 0 radical (unpaired) electrons. The molecule has 20 heavy (non-hydrogen) atoms. The molecule has 1 aromatic rings. The van der Waals surface area contributed by atoms with Crippen LogP contribution in [0.2, 0.25) is 0 Å². The van der Waals surface area contributed by atoms with Crippen molar-refractivity contribution in [2.75, 3.05) is 24.8 Å². The lowest BCUT2D eigenvalue weighted by atomic mass is 10.1. The first-order chi connectivity index (χ1) is 9.63. The van der Waals surface area contributed by atoms with Gasteiger partial charge in [0, 0.05) is 17.8 Å². The Kier molecular flexibility index (Phi) is 5.28. The van der Waals surface area contributed by atoms with Crippen LogP contribution in [0.1, 0.15) is 12.5 Å². The number of fused-ring (bicyclic) bond motifs is 1. The fourth-order valence-corrected chi connectivity index (χ4v) is 2.74. The van der Waals surface area contributed by atoms with Gasteiger partial charge < -0.3 is 20.5 Å². The predicted molar refractivity (Wildman–Crippen MR) is 81.3 cm³/mol. The molecule has 0 saturated carbocycles. The highest BCUT2D eigenvalue weighted by Gasteiger charge is 2.17. The Morgan fingerprint density at radius 2 is 2.35 bits per heavy atom. The Balaban J connectivity index is 1.97. The molecule has 3 N–H and O–H groups in total. The summed E-state index contributed by atoms with van der Waals surface area (Å²) in [5.41, 5.74) is 1.79. The van der Waals surface area contributed by atoms with Crippen molar-refractivity contribution in [3.05, 3.63) is 23.8 Å². The van der Waals surface area contributed by atoms with Crippen molar-refractivity contribution in [2.45, 2.75) is 24.8 Å². The van der Waals surface area contributed by atoms with Gasteiger partial charge in [0.2, 0.25) is 0 Å². The van der Waals surface area contributed by atoms with Crippen LogP contribution in [0.15, 0.2) is 18.2 Å². The highest BCUT2D eigenvalue weighted by molar-refractivity contribution is 7.99. The number of benzene rings is 1. The summed E-state index contributed by atoms with van der Waals surface area (Å²) < 4.78 is 5.32. The Bertz CT molecular complexity index is 477. The third-order valence-electron chi connectivity index (χ3n) is 3.35. The van der Waals surface area contributed by atoms with Crippen molar-refractivity contribution < 1.29 is 14.6 Å². The van der Waals surface area contributed by atoms with Crippen molar-refractivity contribution in [1.29, 1.82) is 0 Å². The van der Waals surface area contributed by atoms with Crippen LogP contribution < -0.4 is 15.4 Å². The number of amides is 1. The van der Waals surface area contributed by atoms with Gasteiger partial charge >= 0.3 is 0 Å². The topological polar surface area (TPSA) is 70.6 Å². The predicted octanol–water partition coefficient (Wildman–Crippen LogP) is 1.22. The standard InChI is InChI=1S/C14H20N2O3S/c1-9(13(7-17)20-2)15-6-10-3-4-12-11(5-10)16-14(18)8-19-12/h3-5,9,13,15,17H,6-8H2,1-2H3,(H,16,18). The van der Waals surface area contributed by atoms with Gasteiger partial charge in [-0.3, -0.25) is 4.79 Å². The van der Waals surface area contributed by atoms with E-state index < -0.39 is 0 Å². The Morgan fingerprint density at radius 3 is 3.05 bits per heavy atom. The first kappa shape index (κ1) is 15.2. The summed E-state index contributed by atoms with van der Waals surface area (Å²) in [6, 6.07) is 5.97. The molecule has 110 valence electrons. The van der Waals surface area contributed by atoms with E-state index in [1.165, 1.54) is 0 Å². The van der Waals surface area contributed by atoms with Gasteiger partial charge in [0.05, 0.1) is 12.3 Å². The number of aliphatic hydroxyl groups is 1. The van der Waals surface area contributed by atoms with Gasteiger partial charge in [-0.15, -0.1) is 0 Å². The normalized spacial score (nSPS) is 16.9. The molecule has 1 amide bonds. The Labute approximate surface area is 123 Å². The van der Waals surface area contributed by atoms with Crippen LogP contribution in [-0.2, 0) is 11.3 Å². The third kappa shape index (κ3) is 3.65. The van der Waals surface area contributed by atoms with E-state index in [1.807, 2.05) is 24.5 Å². The van der Waals surface area contributed by atoms with E-state index in [4.69, 9.17) is 4.74 Å². The summed E-state index contributed by atoms with van der Waals surface area (Å²) in [6.45, 7) is 2.97. The van der Waals surface area contributed by atoms with Gasteiger partial charge in [0.15, 0.2) is 6.61 Å². The lowest BCUT2D eigenvalue weighted by Crippen LogP contribution is -2.37. The molecule has 0 saturated heterocycles. The van der Waals surface area contributed by atoms with Crippen LogP contribution in [0.3, 0.4) is 0 Å². The number of hydrogen-bond donors (Lipinski definition) is 3. The zero-order valence-corrected chi connectivity index (χ0v) is 12.5. The molecular formula is C14H20N2O3S. The lowest BCUT2D eigenvalue weighted by Gasteiger charge is -2.22. The lowest BCUT2D eigenvalue weighted by molar-refractivity contribution is -0.118. The molecule has 1 heterocycles. The van der Waals surface area contributed by atoms with Gasteiger partial charge in [-0.25, -0.2) is 0 Å². The largest absolute Gasteiger partial charge is 0.482 e. The van der Waals surface area contributed by atoms with Gasteiger partial charge in [-0.2, -0.15) is 11.8 Å². The van der Waals surface area contributed by atoms with E-state index in [2.05, 4.69) is 17.6 Å². The number of thioether (sulfide) groups is 1. The van der Waals surface area contributed by atoms with Crippen LogP contribution in [0.5, 0.6) is 5.75 Å². The molecule has 0 aromatic heterocycles. The molecule has 0 spiro atoms. The van der Waals surface area contributed by atoms with Crippen LogP contribution in [0.25, 0.3) is 0 Å². The van der Waals surface area contributed by atoms with Gasteiger partial charge in [0.25, 0.3) is 5.91 Å². The van der Waals surface area contributed by atoms with E-state index in [9.17, 15) is 9.90 Å². The van der Waals surface area contributed by atoms with E-state index in [-0.39, 0.29) is 30.4 Å². The summed E-state index contributed by atoms with van der Waals surface area (Å²) in [4.78, 5) is 11.3. The van der Waals surface area contributed by atoms with Crippen molar-refractivity contribution in [3.63, 3.8) is 0 Å². The Morgan fingerprint density at radius 1 is 1.55 bits per heavy atom. The average molecular weight is 296 g/mol. The molecule has 6 heteroatoms. The maximum absolute atomic E-state index is 11.3. The molecule has 0 fully saturated rings. The van der Waals surface area contributed by atoms with Gasteiger partial charge in [0.1, 0.15) is 5.75 Å². The number of anilines is 1. The second-order valence-electron chi connectivity index (χ2n) is 4.79. The fraction of sp³-hybridized carbons (Fsp3) is 0.500.